The average Bonchev–Trinajstić information content (AvgIpc) is 1.17. The maximum absolute atomic E-state index is 13.1. The first-order valence-corrected chi connectivity index (χ1v) is 45.5. The molecule has 0 aromatic heterocycles. The van der Waals surface area contributed by atoms with Crippen molar-refractivity contribution in [1.82, 2.24) is 0 Å². The molecule has 19 heteroatoms. The molecule has 0 aliphatic heterocycles. The Morgan fingerprint density at radius 3 is 0.673 bits per heavy atom. The molecule has 5 atom stereocenters. The van der Waals surface area contributed by atoms with E-state index in [2.05, 4.69) is 41.5 Å². The van der Waals surface area contributed by atoms with Crippen LogP contribution in [0.2, 0.25) is 0 Å². The van der Waals surface area contributed by atoms with E-state index in [4.69, 9.17) is 37.0 Å². The third kappa shape index (κ3) is 76.1. The van der Waals surface area contributed by atoms with Crippen molar-refractivity contribution in [3.05, 3.63) is 0 Å². The number of phosphoric acid groups is 2. The van der Waals surface area contributed by atoms with Crippen molar-refractivity contribution < 1.29 is 80.2 Å². The molecule has 0 rings (SSSR count). The summed E-state index contributed by atoms with van der Waals surface area (Å²) in [6.07, 6.45) is 63.9. The van der Waals surface area contributed by atoms with Crippen LogP contribution in [0.5, 0.6) is 0 Å². The highest BCUT2D eigenvalue weighted by molar-refractivity contribution is 7.47. The topological polar surface area (TPSA) is 237 Å². The summed E-state index contributed by atoms with van der Waals surface area (Å²) in [7, 11) is -9.92. The Bertz CT molecular complexity index is 1940. The number of carbonyl (C=O) groups excluding carboxylic acids is 4. The summed E-state index contributed by atoms with van der Waals surface area (Å²) in [5.74, 6) is -0.603. The van der Waals surface area contributed by atoms with Gasteiger partial charge in [-0.25, -0.2) is 9.13 Å². The molecule has 0 saturated carbocycles. The summed E-state index contributed by atoms with van der Waals surface area (Å²) in [6, 6.07) is 0. The average molecular weight is 1480 g/mol. The number of unbranched alkanes of at least 4 members (excludes halogenated alkanes) is 51. The summed E-state index contributed by atoms with van der Waals surface area (Å²) < 4.78 is 68.7. The smallest absolute Gasteiger partial charge is 0.462 e. The molecule has 0 heterocycles. The Labute approximate surface area is 619 Å². The molecule has 0 amide bonds. The third-order valence-corrected chi connectivity index (χ3v) is 21.1. The van der Waals surface area contributed by atoms with Gasteiger partial charge in [0.05, 0.1) is 26.4 Å². The number of hydrogen-bond donors (Lipinski definition) is 3. The highest BCUT2D eigenvalue weighted by atomic mass is 31.2. The molecule has 2 unspecified atom stereocenters. The first kappa shape index (κ1) is 99.1. The van der Waals surface area contributed by atoms with Crippen LogP contribution < -0.4 is 0 Å². The molecule has 0 aromatic carbocycles. The van der Waals surface area contributed by atoms with Crippen LogP contribution in [-0.4, -0.2) is 96.7 Å². The van der Waals surface area contributed by atoms with Gasteiger partial charge in [-0.1, -0.05) is 382 Å². The number of rotatable bonds is 81. The minimum Gasteiger partial charge on any atom is -0.462 e. The van der Waals surface area contributed by atoms with Gasteiger partial charge in [0.25, 0.3) is 0 Å². The highest BCUT2D eigenvalue weighted by Gasteiger charge is 2.30. The number of hydrogen-bond acceptors (Lipinski definition) is 15. The predicted octanol–water partition coefficient (Wildman–Crippen LogP) is 24.7. The first-order chi connectivity index (χ1) is 48.9. The molecule has 0 bridgehead atoms. The van der Waals surface area contributed by atoms with E-state index in [1.54, 1.807) is 0 Å². The monoisotopic (exact) mass is 1480 g/mol. The second-order valence-electron chi connectivity index (χ2n) is 30.5. The van der Waals surface area contributed by atoms with Crippen LogP contribution in [0.15, 0.2) is 0 Å². The Morgan fingerprint density at radius 2 is 0.455 bits per heavy atom. The van der Waals surface area contributed by atoms with Crippen molar-refractivity contribution >= 4 is 39.5 Å². The quantitative estimate of drug-likeness (QED) is 0.0222. The summed E-state index contributed by atoms with van der Waals surface area (Å²) >= 11 is 0. The Balaban J connectivity index is 5.23. The van der Waals surface area contributed by atoms with Crippen LogP contribution in [0.3, 0.4) is 0 Å². The molecule has 17 nitrogen and oxygen atoms in total. The lowest BCUT2D eigenvalue weighted by Crippen LogP contribution is -2.30. The van der Waals surface area contributed by atoms with E-state index in [1.165, 1.54) is 244 Å². The maximum Gasteiger partial charge on any atom is 0.472 e. The SMILES string of the molecule is CCCCCCCCCCCCCCCCCCCCCCC(=O)O[C@H](COC(=O)CCCCCCCCCCCCCCCCC(C)C)COP(=O)(O)OC[C@@H](O)COP(=O)(O)OC[C@@H](COC(=O)CCCCCCCCCC(C)C)OC(=O)CCCCCCCCCCCCCCCC. The maximum atomic E-state index is 13.1. The van der Waals surface area contributed by atoms with E-state index in [-0.39, 0.29) is 25.7 Å². The third-order valence-electron chi connectivity index (χ3n) is 19.2. The fraction of sp³-hybridized carbons (Fsp3) is 0.951. The Hall–Kier alpha value is -1.94. The fourth-order valence-corrected chi connectivity index (χ4v) is 14.3. The molecule has 0 spiro atoms. The molecule has 0 aromatic rings. The van der Waals surface area contributed by atoms with E-state index < -0.39 is 97.5 Å². The van der Waals surface area contributed by atoms with Gasteiger partial charge >= 0.3 is 39.5 Å². The fourth-order valence-electron chi connectivity index (χ4n) is 12.7. The summed E-state index contributed by atoms with van der Waals surface area (Å²) in [6.45, 7) is 9.61. The highest BCUT2D eigenvalue weighted by Crippen LogP contribution is 2.45. The molecule has 600 valence electrons. The second-order valence-corrected chi connectivity index (χ2v) is 33.4. The summed E-state index contributed by atoms with van der Waals surface area (Å²) in [5.41, 5.74) is 0. The number of phosphoric ester groups is 2. The number of ether oxygens (including phenoxy) is 4. The van der Waals surface area contributed by atoms with Crippen molar-refractivity contribution in [2.24, 2.45) is 11.8 Å². The zero-order chi connectivity index (χ0) is 74.2. The van der Waals surface area contributed by atoms with Gasteiger partial charge in [0.2, 0.25) is 0 Å². The van der Waals surface area contributed by atoms with E-state index in [0.717, 1.165) is 102 Å². The van der Waals surface area contributed by atoms with Gasteiger partial charge < -0.3 is 33.8 Å². The zero-order valence-electron chi connectivity index (χ0n) is 66.2. The zero-order valence-corrected chi connectivity index (χ0v) is 68.0. The molecule has 0 saturated heterocycles. The lowest BCUT2D eigenvalue weighted by atomic mass is 10.0. The lowest BCUT2D eigenvalue weighted by Gasteiger charge is -2.21. The van der Waals surface area contributed by atoms with E-state index in [0.29, 0.717) is 31.6 Å². The molecule has 0 fully saturated rings. The van der Waals surface area contributed by atoms with Gasteiger partial charge in [0.15, 0.2) is 12.2 Å². The minimum absolute atomic E-state index is 0.107. The van der Waals surface area contributed by atoms with Crippen molar-refractivity contribution in [2.75, 3.05) is 39.6 Å². The first-order valence-electron chi connectivity index (χ1n) is 42.5. The van der Waals surface area contributed by atoms with Crippen LogP contribution in [0, 0.1) is 11.8 Å². The number of aliphatic hydroxyl groups is 1. The normalized spacial score (nSPS) is 13.9. The molecule has 0 aliphatic carbocycles. The molecular weight excluding hydrogens is 1320 g/mol. The second kappa shape index (κ2) is 73.6. The van der Waals surface area contributed by atoms with Gasteiger partial charge in [-0.2, -0.15) is 0 Å². The van der Waals surface area contributed by atoms with E-state index in [1.807, 2.05) is 0 Å². The van der Waals surface area contributed by atoms with Crippen molar-refractivity contribution in [2.45, 2.75) is 452 Å². The molecular formula is C82H160O17P2. The number of carbonyl (C=O) groups is 4. The van der Waals surface area contributed by atoms with E-state index in [9.17, 15) is 43.2 Å². The molecule has 101 heavy (non-hydrogen) atoms. The van der Waals surface area contributed by atoms with Crippen LogP contribution in [0.4, 0.5) is 0 Å². The molecule has 0 aliphatic rings. The Morgan fingerprint density at radius 1 is 0.267 bits per heavy atom. The van der Waals surface area contributed by atoms with Crippen LogP contribution in [0.25, 0.3) is 0 Å². The van der Waals surface area contributed by atoms with E-state index >= 15 is 0 Å². The van der Waals surface area contributed by atoms with Crippen molar-refractivity contribution in [1.29, 1.82) is 0 Å². The molecule has 3 N–H and O–H groups in total. The molecule has 0 radical (unpaired) electrons. The van der Waals surface area contributed by atoms with Crippen molar-refractivity contribution in [3.63, 3.8) is 0 Å². The van der Waals surface area contributed by atoms with Crippen LogP contribution in [-0.2, 0) is 65.4 Å². The number of aliphatic hydroxyl groups excluding tert-OH is 1. The predicted molar refractivity (Wildman–Crippen MR) is 414 cm³/mol. The van der Waals surface area contributed by atoms with Gasteiger partial charge in [0.1, 0.15) is 19.3 Å². The minimum atomic E-state index is -4.96. The van der Waals surface area contributed by atoms with Gasteiger partial charge in [-0.3, -0.25) is 37.3 Å². The number of esters is 4. The standard InChI is InChI=1S/C82H160O17P2/c1-7-9-11-13-15-17-19-21-23-24-25-26-27-28-34-38-42-48-55-61-67-81(86)98-77(70-92-79(84)64-58-52-46-40-36-33-30-29-31-35-39-44-50-56-62-74(3)4)72-96-100(88,89)94-68-76(83)69-95-101(90,91)97-73-78(71-93-80(85)65-59-53-49-43-45-51-57-63-75(5)6)99-82(87)66-60-54-47-41-37-32-22-20-18-16-14-12-10-8-2/h74-78,83H,7-73H2,1-6H3,(H,88,89)(H,90,91)/t76-,77-,78-/m1/s1. The summed E-state index contributed by atoms with van der Waals surface area (Å²) in [4.78, 5) is 73.0. The van der Waals surface area contributed by atoms with Gasteiger partial charge in [0, 0.05) is 25.7 Å². The largest absolute Gasteiger partial charge is 0.472 e. The van der Waals surface area contributed by atoms with Gasteiger partial charge in [-0.15, -0.1) is 0 Å². The van der Waals surface area contributed by atoms with Gasteiger partial charge in [-0.05, 0) is 37.5 Å². The van der Waals surface area contributed by atoms with Crippen LogP contribution >= 0.6 is 15.6 Å². The van der Waals surface area contributed by atoms with Crippen LogP contribution in [0.1, 0.15) is 433 Å². The Kier molecular flexibility index (Phi) is 72.2. The van der Waals surface area contributed by atoms with Crippen molar-refractivity contribution in [3.8, 4) is 0 Å². The summed E-state index contributed by atoms with van der Waals surface area (Å²) in [5, 5.41) is 10.6. The lowest BCUT2D eigenvalue weighted by molar-refractivity contribution is -0.161.